The van der Waals surface area contributed by atoms with Gasteiger partial charge in [-0.15, -0.1) is 0 Å². The molecule has 3 saturated heterocycles. The molecule has 0 aliphatic carbocycles. The smallest absolute Gasteiger partial charge is 0.356 e. The largest absolute Gasteiger partial charge is 0.464 e. The molecule has 4 unspecified atom stereocenters. The molecule has 4 atom stereocenters. The summed E-state index contributed by atoms with van der Waals surface area (Å²) in [6.07, 6.45) is 7.55. The Hall–Kier alpha value is -2.47. The van der Waals surface area contributed by atoms with Crippen molar-refractivity contribution in [3.63, 3.8) is 0 Å². The molecule has 146 valence electrons. The topological polar surface area (TPSA) is 58.3 Å². The molecule has 3 fully saturated rings. The van der Waals surface area contributed by atoms with Crippen LogP contribution in [0.3, 0.4) is 0 Å². The number of nitrogens with zero attached hydrogens (tertiary/aromatic N) is 4. The van der Waals surface area contributed by atoms with Gasteiger partial charge in [0.15, 0.2) is 5.69 Å². The minimum atomic E-state index is -0.410. The highest BCUT2D eigenvalue weighted by Gasteiger charge is 2.68. The molecule has 3 aliphatic rings. The number of piperidine rings is 2. The highest BCUT2D eigenvalue weighted by atomic mass is 16.5. The fourth-order valence-corrected chi connectivity index (χ4v) is 5.42. The molecule has 0 bridgehead atoms. The van der Waals surface area contributed by atoms with Gasteiger partial charge in [0, 0.05) is 25.3 Å². The molecule has 3 aliphatic heterocycles. The molecule has 28 heavy (non-hydrogen) atoms. The fraction of sp³-hybridized carbons (Fsp3) is 0.500. The lowest BCUT2D eigenvalue weighted by molar-refractivity contribution is 0.0593. The number of carbonyl (C=O) groups excluding carboxylic acids is 1. The quantitative estimate of drug-likeness (QED) is 0.604. The number of benzene rings is 1. The average Bonchev–Trinajstić information content (AvgIpc) is 3.40. The van der Waals surface area contributed by atoms with Crippen molar-refractivity contribution >= 4 is 11.9 Å². The number of hydrogen-bond donors (Lipinski definition) is 0. The van der Waals surface area contributed by atoms with Crippen molar-refractivity contribution in [2.45, 2.75) is 49.7 Å². The van der Waals surface area contributed by atoms with Gasteiger partial charge < -0.3 is 9.64 Å². The van der Waals surface area contributed by atoms with Crippen LogP contribution >= 0.6 is 0 Å². The Bertz CT molecular complexity index is 874. The Morgan fingerprint density at radius 2 is 2.04 bits per heavy atom. The maximum absolute atomic E-state index is 11.9. The molecular formula is C22H26N4O2. The van der Waals surface area contributed by atoms with Crippen LogP contribution in [0.25, 0.3) is 0 Å². The van der Waals surface area contributed by atoms with Crippen molar-refractivity contribution in [2.75, 3.05) is 25.1 Å². The number of carbonyl (C=O) groups is 1. The molecule has 5 rings (SSSR count). The van der Waals surface area contributed by atoms with Crippen LogP contribution in [0.2, 0.25) is 0 Å². The number of anilines is 1. The van der Waals surface area contributed by atoms with Gasteiger partial charge in [-0.3, -0.25) is 4.90 Å². The van der Waals surface area contributed by atoms with Crippen molar-refractivity contribution in [3.8, 4) is 0 Å². The van der Waals surface area contributed by atoms with Gasteiger partial charge in [-0.1, -0.05) is 30.3 Å². The SMILES string of the molecule is COC(=O)c1ccnc(N2CCCCC23C2CC(c4ccccc4)CCN23)n1. The second-order valence-corrected chi connectivity index (χ2v) is 8.06. The molecule has 6 nitrogen and oxygen atoms in total. The van der Waals surface area contributed by atoms with E-state index < -0.39 is 5.97 Å². The van der Waals surface area contributed by atoms with Crippen molar-refractivity contribution < 1.29 is 9.53 Å². The molecule has 0 radical (unpaired) electrons. The van der Waals surface area contributed by atoms with Crippen LogP contribution in [-0.2, 0) is 4.74 Å². The van der Waals surface area contributed by atoms with Gasteiger partial charge in [0.25, 0.3) is 0 Å². The predicted molar refractivity (Wildman–Crippen MR) is 106 cm³/mol. The average molecular weight is 378 g/mol. The van der Waals surface area contributed by atoms with E-state index in [2.05, 4.69) is 50.1 Å². The van der Waals surface area contributed by atoms with Gasteiger partial charge in [0.1, 0.15) is 5.66 Å². The molecule has 6 heteroatoms. The zero-order valence-corrected chi connectivity index (χ0v) is 16.3. The molecule has 0 saturated carbocycles. The molecule has 1 spiro atoms. The first-order valence-electron chi connectivity index (χ1n) is 10.2. The number of ether oxygens (including phenoxy) is 1. The molecular weight excluding hydrogens is 352 g/mol. The number of fused-ring (bicyclic) bond motifs is 3. The van der Waals surface area contributed by atoms with Crippen molar-refractivity contribution in [3.05, 3.63) is 53.9 Å². The minimum Gasteiger partial charge on any atom is -0.464 e. The third-order valence-electron chi connectivity index (χ3n) is 6.76. The van der Waals surface area contributed by atoms with Crippen LogP contribution in [0, 0.1) is 0 Å². The van der Waals surface area contributed by atoms with E-state index in [1.807, 2.05) is 0 Å². The second kappa shape index (κ2) is 6.85. The number of esters is 1. The van der Waals surface area contributed by atoms with Crippen molar-refractivity contribution in [1.82, 2.24) is 14.9 Å². The highest BCUT2D eigenvalue weighted by Crippen LogP contribution is 2.57. The first-order valence-corrected chi connectivity index (χ1v) is 10.2. The second-order valence-electron chi connectivity index (χ2n) is 8.06. The lowest BCUT2D eigenvalue weighted by atomic mass is 9.87. The van der Waals surface area contributed by atoms with Gasteiger partial charge in [0.2, 0.25) is 5.95 Å². The third-order valence-corrected chi connectivity index (χ3v) is 6.76. The Balaban J connectivity index is 1.42. The Kier molecular flexibility index (Phi) is 4.31. The zero-order chi connectivity index (χ0) is 19.1. The first kappa shape index (κ1) is 17.6. The lowest BCUT2D eigenvalue weighted by Crippen LogP contribution is -2.47. The summed E-state index contributed by atoms with van der Waals surface area (Å²) in [5, 5.41) is 0. The van der Waals surface area contributed by atoms with E-state index in [0.717, 1.165) is 25.9 Å². The summed E-state index contributed by atoms with van der Waals surface area (Å²) in [4.78, 5) is 26.0. The van der Waals surface area contributed by atoms with Gasteiger partial charge >= 0.3 is 5.97 Å². The molecule has 0 N–H and O–H groups in total. The monoisotopic (exact) mass is 378 g/mol. The summed E-state index contributed by atoms with van der Waals surface area (Å²) >= 11 is 0. The summed E-state index contributed by atoms with van der Waals surface area (Å²) in [5.74, 6) is 0.869. The standard InChI is InChI=1S/C22H26N4O2/c1-28-20(27)18-9-12-23-21(24-18)26-13-6-5-11-22(26)19-15-17(10-14-25(19)22)16-7-3-2-4-8-16/h2-4,7-9,12,17,19H,5-6,10-11,13-15H2,1H3. The van der Waals surface area contributed by atoms with E-state index in [9.17, 15) is 4.79 Å². The van der Waals surface area contributed by atoms with Crippen LogP contribution in [-0.4, -0.2) is 52.7 Å². The molecule has 1 aromatic heterocycles. The van der Waals surface area contributed by atoms with Crippen LogP contribution in [0.1, 0.15) is 54.1 Å². The molecule has 1 aromatic carbocycles. The van der Waals surface area contributed by atoms with E-state index >= 15 is 0 Å². The normalized spacial score (nSPS) is 31.3. The summed E-state index contributed by atoms with van der Waals surface area (Å²) in [5.41, 5.74) is 1.81. The predicted octanol–water partition coefficient (Wildman–Crippen LogP) is 3.21. The van der Waals surface area contributed by atoms with Crippen LogP contribution in [0.5, 0.6) is 0 Å². The number of rotatable bonds is 3. The lowest BCUT2D eigenvalue weighted by Gasteiger charge is -2.37. The number of methoxy groups -OCH3 is 1. The molecule has 4 heterocycles. The fourth-order valence-electron chi connectivity index (χ4n) is 5.42. The van der Waals surface area contributed by atoms with Crippen LogP contribution in [0.15, 0.2) is 42.6 Å². The van der Waals surface area contributed by atoms with Gasteiger partial charge in [0.05, 0.1) is 7.11 Å². The summed E-state index contributed by atoms with van der Waals surface area (Å²) in [7, 11) is 1.39. The Morgan fingerprint density at radius 1 is 1.18 bits per heavy atom. The third kappa shape index (κ3) is 2.70. The number of hydrogen-bond acceptors (Lipinski definition) is 6. The zero-order valence-electron chi connectivity index (χ0n) is 16.3. The maximum atomic E-state index is 11.9. The van der Waals surface area contributed by atoms with Gasteiger partial charge in [-0.05, 0) is 49.7 Å². The first-order chi connectivity index (χ1) is 13.7. The summed E-state index contributed by atoms with van der Waals surface area (Å²) in [6, 6.07) is 13.1. The Morgan fingerprint density at radius 3 is 2.86 bits per heavy atom. The van der Waals surface area contributed by atoms with E-state index in [0.29, 0.717) is 23.6 Å². The highest BCUT2D eigenvalue weighted by molar-refractivity contribution is 5.87. The maximum Gasteiger partial charge on any atom is 0.356 e. The van der Waals surface area contributed by atoms with E-state index in [1.54, 1.807) is 12.3 Å². The van der Waals surface area contributed by atoms with Crippen LogP contribution in [0.4, 0.5) is 5.95 Å². The summed E-state index contributed by atoms with van der Waals surface area (Å²) in [6.45, 7) is 2.05. The minimum absolute atomic E-state index is 0.0243. The van der Waals surface area contributed by atoms with Gasteiger partial charge in [-0.2, -0.15) is 0 Å². The van der Waals surface area contributed by atoms with Crippen molar-refractivity contribution in [1.29, 1.82) is 0 Å². The summed E-state index contributed by atoms with van der Waals surface area (Å²) < 4.78 is 4.85. The van der Waals surface area contributed by atoms with E-state index in [4.69, 9.17) is 4.74 Å². The molecule has 2 aromatic rings. The van der Waals surface area contributed by atoms with E-state index in [1.165, 1.54) is 31.9 Å². The Labute approximate surface area is 165 Å². The number of aromatic nitrogens is 2. The van der Waals surface area contributed by atoms with Gasteiger partial charge in [-0.25, -0.2) is 14.8 Å². The van der Waals surface area contributed by atoms with Crippen molar-refractivity contribution in [2.24, 2.45) is 0 Å². The van der Waals surface area contributed by atoms with E-state index in [-0.39, 0.29) is 5.66 Å². The molecule has 0 amide bonds. The van der Waals surface area contributed by atoms with Crippen LogP contribution < -0.4 is 4.90 Å².